The predicted octanol–water partition coefficient (Wildman–Crippen LogP) is 1.93. The van der Waals surface area contributed by atoms with E-state index in [1.807, 2.05) is 0 Å². The number of benzene rings is 1. The third kappa shape index (κ3) is 2.20. The molecule has 4 nitrogen and oxygen atoms in total. The molecular weight excluding hydrogens is 295 g/mol. The van der Waals surface area contributed by atoms with Crippen molar-refractivity contribution in [2.24, 2.45) is 0 Å². The molecule has 1 aliphatic rings. The van der Waals surface area contributed by atoms with Crippen LogP contribution in [0.15, 0.2) is 22.7 Å². The molecular formula is C10H8BrClN2O2. The monoisotopic (exact) mass is 302 g/mol. The van der Waals surface area contributed by atoms with Gasteiger partial charge in [-0.15, -0.1) is 0 Å². The number of carbonyl (C=O) groups excluding carboxylic acids is 2. The first-order valence-electron chi connectivity index (χ1n) is 4.62. The van der Waals surface area contributed by atoms with E-state index in [9.17, 15) is 9.59 Å². The maximum absolute atomic E-state index is 11.3. The summed E-state index contributed by atoms with van der Waals surface area (Å²) in [6, 6.07) is 4.76. The van der Waals surface area contributed by atoms with Gasteiger partial charge >= 0.3 is 0 Å². The third-order valence-corrected chi connectivity index (χ3v) is 3.65. The SMILES string of the molecule is O=C1CC(Nc2cccc(Cl)c2Br)C(=O)N1. The van der Waals surface area contributed by atoms with Crippen molar-refractivity contribution in [3.05, 3.63) is 27.7 Å². The van der Waals surface area contributed by atoms with Crippen molar-refractivity contribution in [3.8, 4) is 0 Å². The molecule has 0 saturated carbocycles. The van der Waals surface area contributed by atoms with Crippen LogP contribution in [0, 0.1) is 0 Å². The van der Waals surface area contributed by atoms with E-state index in [0.29, 0.717) is 15.2 Å². The van der Waals surface area contributed by atoms with Crippen molar-refractivity contribution in [1.82, 2.24) is 5.32 Å². The fourth-order valence-corrected chi connectivity index (χ4v) is 2.03. The Bertz CT molecular complexity index is 464. The molecule has 1 fully saturated rings. The molecule has 0 aliphatic carbocycles. The number of amides is 2. The number of rotatable bonds is 2. The summed E-state index contributed by atoms with van der Waals surface area (Å²) in [7, 11) is 0. The first-order valence-corrected chi connectivity index (χ1v) is 5.79. The summed E-state index contributed by atoms with van der Waals surface area (Å²) in [6.45, 7) is 0. The zero-order valence-corrected chi connectivity index (χ0v) is 10.4. The van der Waals surface area contributed by atoms with Gasteiger partial charge in [0.05, 0.1) is 21.6 Å². The van der Waals surface area contributed by atoms with Gasteiger partial charge in [0.25, 0.3) is 0 Å². The molecule has 2 amide bonds. The summed E-state index contributed by atoms with van der Waals surface area (Å²) < 4.78 is 0.684. The van der Waals surface area contributed by atoms with Gasteiger partial charge < -0.3 is 5.32 Å². The fourth-order valence-electron chi connectivity index (χ4n) is 1.47. The van der Waals surface area contributed by atoms with Crippen LogP contribution in [0.4, 0.5) is 5.69 Å². The van der Waals surface area contributed by atoms with E-state index in [4.69, 9.17) is 11.6 Å². The Hall–Kier alpha value is -1.07. The minimum absolute atomic E-state index is 0.151. The molecule has 0 aromatic heterocycles. The minimum Gasteiger partial charge on any atom is -0.372 e. The van der Waals surface area contributed by atoms with Gasteiger partial charge in [-0.2, -0.15) is 0 Å². The first kappa shape index (κ1) is 11.4. The maximum Gasteiger partial charge on any atom is 0.249 e. The summed E-state index contributed by atoms with van der Waals surface area (Å²) >= 11 is 9.22. The molecule has 0 radical (unpaired) electrons. The number of carbonyl (C=O) groups is 2. The highest BCUT2D eigenvalue weighted by molar-refractivity contribution is 9.10. The van der Waals surface area contributed by atoms with Crippen LogP contribution in [0.5, 0.6) is 0 Å². The molecule has 16 heavy (non-hydrogen) atoms. The van der Waals surface area contributed by atoms with E-state index in [2.05, 4.69) is 26.6 Å². The molecule has 1 saturated heterocycles. The lowest BCUT2D eigenvalue weighted by Gasteiger charge is -2.12. The predicted molar refractivity (Wildman–Crippen MR) is 64.3 cm³/mol. The van der Waals surface area contributed by atoms with Gasteiger partial charge in [0.15, 0.2) is 0 Å². The molecule has 1 aliphatic heterocycles. The van der Waals surface area contributed by atoms with Gasteiger partial charge in [0, 0.05) is 0 Å². The Kier molecular flexibility index (Phi) is 3.16. The van der Waals surface area contributed by atoms with Crippen LogP contribution in [0.2, 0.25) is 5.02 Å². The van der Waals surface area contributed by atoms with Gasteiger partial charge in [-0.25, -0.2) is 0 Å². The van der Waals surface area contributed by atoms with Crippen LogP contribution in [0.1, 0.15) is 6.42 Å². The van der Waals surface area contributed by atoms with Gasteiger partial charge in [-0.1, -0.05) is 17.7 Å². The lowest BCUT2D eigenvalue weighted by Crippen LogP contribution is -2.30. The lowest BCUT2D eigenvalue weighted by atomic mass is 10.2. The molecule has 1 atom stereocenters. The molecule has 6 heteroatoms. The summed E-state index contributed by atoms with van der Waals surface area (Å²) in [5.74, 6) is -0.572. The second-order valence-electron chi connectivity index (χ2n) is 3.41. The maximum atomic E-state index is 11.3. The molecule has 2 rings (SSSR count). The third-order valence-electron chi connectivity index (χ3n) is 2.25. The van der Waals surface area contributed by atoms with Crippen LogP contribution >= 0.6 is 27.5 Å². The van der Waals surface area contributed by atoms with E-state index >= 15 is 0 Å². The molecule has 2 N–H and O–H groups in total. The quantitative estimate of drug-likeness (QED) is 0.821. The molecule has 1 unspecified atom stereocenters. The second kappa shape index (κ2) is 4.43. The summed E-state index contributed by atoms with van der Waals surface area (Å²) in [6.07, 6.45) is 0.151. The van der Waals surface area contributed by atoms with Crippen molar-refractivity contribution in [2.45, 2.75) is 12.5 Å². The topological polar surface area (TPSA) is 58.2 Å². The number of anilines is 1. The number of hydrogen-bond donors (Lipinski definition) is 2. The van der Waals surface area contributed by atoms with Crippen LogP contribution < -0.4 is 10.6 Å². The van der Waals surface area contributed by atoms with Crippen molar-refractivity contribution in [2.75, 3.05) is 5.32 Å². The van der Waals surface area contributed by atoms with Crippen LogP contribution in [0.25, 0.3) is 0 Å². The van der Waals surface area contributed by atoms with Gasteiger partial charge in [0.1, 0.15) is 6.04 Å². The van der Waals surface area contributed by atoms with Crippen molar-refractivity contribution < 1.29 is 9.59 Å². The number of imide groups is 1. The normalized spacial score (nSPS) is 19.8. The highest BCUT2D eigenvalue weighted by Crippen LogP contribution is 2.30. The zero-order chi connectivity index (χ0) is 11.7. The highest BCUT2D eigenvalue weighted by atomic mass is 79.9. The summed E-state index contributed by atoms with van der Waals surface area (Å²) in [5.41, 5.74) is 0.697. The Morgan fingerprint density at radius 2 is 2.19 bits per heavy atom. The lowest BCUT2D eigenvalue weighted by molar-refractivity contribution is -0.124. The van der Waals surface area contributed by atoms with Gasteiger partial charge in [0.2, 0.25) is 11.8 Å². The number of nitrogens with one attached hydrogen (secondary N) is 2. The molecule has 0 bridgehead atoms. The average Bonchev–Trinajstić information content (AvgIpc) is 2.53. The molecule has 1 aromatic carbocycles. The largest absolute Gasteiger partial charge is 0.372 e. The van der Waals surface area contributed by atoms with Gasteiger partial charge in [-0.05, 0) is 28.1 Å². The molecule has 0 spiro atoms. The fraction of sp³-hybridized carbons (Fsp3) is 0.200. The minimum atomic E-state index is -0.526. The number of hydrogen-bond acceptors (Lipinski definition) is 3. The molecule has 84 valence electrons. The Morgan fingerprint density at radius 1 is 1.44 bits per heavy atom. The van der Waals surface area contributed by atoms with Crippen LogP contribution in [0.3, 0.4) is 0 Å². The molecule has 1 heterocycles. The van der Waals surface area contributed by atoms with Crippen molar-refractivity contribution >= 4 is 45.0 Å². The van der Waals surface area contributed by atoms with Crippen molar-refractivity contribution in [1.29, 1.82) is 0 Å². The Morgan fingerprint density at radius 3 is 2.81 bits per heavy atom. The van der Waals surface area contributed by atoms with Crippen LogP contribution in [-0.4, -0.2) is 17.9 Å². The first-order chi connectivity index (χ1) is 7.58. The molecule has 1 aromatic rings. The Labute approximate surface area is 105 Å². The van der Waals surface area contributed by atoms with Crippen LogP contribution in [-0.2, 0) is 9.59 Å². The van der Waals surface area contributed by atoms with E-state index in [-0.39, 0.29) is 18.2 Å². The van der Waals surface area contributed by atoms with E-state index in [0.717, 1.165) is 0 Å². The Balaban J connectivity index is 2.18. The smallest absolute Gasteiger partial charge is 0.249 e. The van der Waals surface area contributed by atoms with Gasteiger partial charge in [-0.3, -0.25) is 14.9 Å². The second-order valence-corrected chi connectivity index (χ2v) is 4.62. The summed E-state index contributed by atoms with van der Waals surface area (Å²) in [5, 5.41) is 5.75. The van der Waals surface area contributed by atoms with E-state index in [1.165, 1.54) is 0 Å². The average molecular weight is 304 g/mol. The zero-order valence-electron chi connectivity index (χ0n) is 8.09. The van der Waals surface area contributed by atoms with E-state index < -0.39 is 6.04 Å². The standard InChI is InChI=1S/C10H8BrClN2O2/c11-9-5(12)2-1-3-6(9)13-7-4-8(15)14-10(7)16/h1-3,7,13H,4H2,(H,14,15,16). The highest BCUT2D eigenvalue weighted by Gasteiger charge is 2.30. The summed E-state index contributed by atoms with van der Waals surface area (Å²) in [4.78, 5) is 22.3. The van der Waals surface area contributed by atoms with E-state index in [1.54, 1.807) is 18.2 Å². The van der Waals surface area contributed by atoms with Crippen molar-refractivity contribution in [3.63, 3.8) is 0 Å². The number of halogens is 2.